The molecule has 1 saturated heterocycles. The van der Waals surface area contributed by atoms with Crippen molar-refractivity contribution in [3.63, 3.8) is 0 Å². The van der Waals surface area contributed by atoms with Gasteiger partial charge in [-0.25, -0.2) is 4.79 Å². The van der Waals surface area contributed by atoms with Gasteiger partial charge in [0.05, 0.1) is 37.9 Å². The number of rotatable bonds is 46. The Kier molecular flexibility index (Phi) is 41.6. The number of nitrogens with one attached hydrogen (secondary N) is 17. The second-order valence-corrected chi connectivity index (χ2v) is 26.4. The number of hydrogen-bond acceptors (Lipinski definition) is 26. The van der Waals surface area contributed by atoms with Gasteiger partial charge in [-0.15, -0.1) is 0 Å². The predicted molar refractivity (Wildman–Crippen MR) is 392 cm³/mol. The second kappa shape index (κ2) is 47.4. The van der Waals surface area contributed by atoms with Gasteiger partial charge in [0.25, 0.3) is 0 Å². The van der Waals surface area contributed by atoms with Crippen molar-refractivity contribution in [2.45, 2.75) is 191 Å². The van der Waals surface area contributed by atoms with Gasteiger partial charge in [-0.1, -0.05) is 32.4 Å². The van der Waals surface area contributed by atoms with Crippen molar-refractivity contribution in [3.8, 4) is 5.75 Å². The van der Waals surface area contributed by atoms with E-state index < -0.39 is 253 Å². The summed E-state index contributed by atoms with van der Waals surface area (Å²) in [5, 5.41) is 89.7. The van der Waals surface area contributed by atoms with Gasteiger partial charge in [-0.05, 0) is 91.0 Å². The molecule has 0 unspecified atom stereocenters. The van der Waals surface area contributed by atoms with Gasteiger partial charge in [0.2, 0.25) is 94.5 Å². The molecule has 17 atom stereocenters. The number of carbonyl (C=O) groups excluding carboxylic acids is 16. The minimum atomic E-state index is -1.73. The van der Waals surface area contributed by atoms with Crippen LogP contribution in [0.25, 0.3) is 0 Å². The number of aliphatic hydroxyl groups excluding tert-OH is 2. The molecule has 1 aliphatic heterocycles. The van der Waals surface area contributed by atoms with Crippen LogP contribution in [0, 0.1) is 5.92 Å². The van der Waals surface area contributed by atoms with Crippen molar-refractivity contribution in [1.82, 2.24) is 90.4 Å². The Hall–Kier alpha value is -9.24. The molecule has 0 radical (unpaired) electrons. The number of aliphatic carboxylic acids is 2. The van der Waals surface area contributed by atoms with Gasteiger partial charge >= 0.3 is 11.9 Å². The first-order valence-corrected chi connectivity index (χ1v) is 36.3. The van der Waals surface area contributed by atoms with Crippen LogP contribution in [0.5, 0.6) is 5.75 Å². The SMILES string of the molecule is CC[C@H](C)[C@H](NC(=O)[C@H](CCC(=O)O)NC(=O)[C@H](CS)NC(=O)[C@@H](NC(=O)CNC(=O)[C@@H]1CCCN1)[C@@H](C)O)C(=O)NCC(=O)N[C@@H](CS)C(=O)N[C@@H](C)C(=O)N[C@@H](Cc1ccc(O)cc1)C(=O)N[C@@H](C)C(=O)N[C@@H](C)C(=O)N[C@@H](CS)C(=O)N[C@H](C(=O)N[C@@H](C)C(=O)NCC(=O)N[C@@H](CS)C(=O)O)[C@@H](C)O. The van der Waals surface area contributed by atoms with E-state index in [1.165, 1.54) is 58.9 Å². The lowest BCUT2D eigenvalue weighted by atomic mass is 9.97. The van der Waals surface area contributed by atoms with Gasteiger partial charge in [-0.2, -0.15) is 50.5 Å². The highest BCUT2D eigenvalue weighted by Crippen LogP contribution is 2.14. The highest BCUT2D eigenvalue weighted by Gasteiger charge is 2.37. The lowest BCUT2D eigenvalue weighted by Gasteiger charge is -2.28. The first-order valence-electron chi connectivity index (χ1n) is 33.7. The van der Waals surface area contributed by atoms with E-state index in [0.29, 0.717) is 18.5 Å². The van der Waals surface area contributed by atoms with Crippen molar-refractivity contribution < 1.29 is 112 Å². The molecule has 1 aromatic rings. The maximum Gasteiger partial charge on any atom is 0.327 e. The lowest BCUT2D eigenvalue weighted by Crippen LogP contribution is -2.61. The minimum absolute atomic E-state index is 0.148. The number of carbonyl (C=O) groups is 18. The Balaban J connectivity index is 2.12. The molecule has 44 heteroatoms. The van der Waals surface area contributed by atoms with Crippen molar-refractivity contribution in [1.29, 1.82) is 0 Å². The smallest absolute Gasteiger partial charge is 0.327 e. The second-order valence-electron chi connectivity index (χ2n) is 25.0. The fraction of sp³-hybridized carbons (Fsp3) is 0.619. The van der Waals surface area contributed by atoms with Crippen molar-refractivity contribution in [3.05, 3.63) is 29.8 Å². The quantitative estimate of drug-likeness (QED) is 0.0270. The molecule has 0 aromatic heterocycles. The van der Waals surface area contributed by atoms with Crippen LogP contribution in [0.4, 0.5) is 0 Å². The van der Waals surface area contributed by atoms with E-state index in [1.54, 1.807) is 13.8 Å². The molecule has 1 aromatic carbocycles. The molecular formula is C63H99N17O23S4. The number of phenolic OH excluding ortho intramolecular Hbond substituents is 1. The van der Waals surface area contributed by atoms with Crippen molar-refractivity contribution in [2.24, 2.45) is 5.92 Å². The normalized spacial score (nSPS) is 16.9. The summed E-state index contributed by atoms with van der Waals surface area (Å²) in [7, 11) is 0. The molecule has 2 rings (SSSR count). The molecule has 0 saturated carbocycles. The van der Waals surface area contributed by atoms with Crippen LogP contribution >= 0.6 is 50.5 Å². The minimum Gasteiger partial charge on any atom is -0.508 e. The number of amides is 16. The number of hydrogen-bond donors (Lipinski definition) is 26. The highest BCUT2D eigenvalue weighted by atomic mass is 32.1. The average Bonchev–Trinajstić information content (AvgIpc) is 1.50. The maximum absolute atomic E-state index is 13.9. The lowest BCUT2D eigenvalue weighted by molar-refractivity contribution is -0.141. The summed E-state index contributed by atoms with van der Waals surface area (Å²) in [6.45, 7) is 8.91. The van der Waals surface area contributed by atoms with Crippen LogP contribution in [-0.2, 0) is 92.7 Å². The number of aromatic hydroxyl groups is 1. The van der Waals surface area contributed by atoms with E-state index in [0.717, 1.165) is 13.3 Å². The summed E-state index contributed by atoms with van der Waals surface area (Å²) >= 11 is 16.2. The molecule has 0 bridgehead atoms. The zero-order valence-corrected chi connectivity index (χ0v) is 63.5. The Morgan fingerprint density at radius 3 is 1.29 bits per heavy atom. The zero-order valence-electron chi connectivity index (χ0n) is 59.9. The third kappa shape index (κ3) is 33.2. The summed E-state index contributed by atoms with van der Waals surface area (Å²) in [5.41, 5.74) is 0.382. The van der Waals surface area contributed by atoms with E-state index in [2.05, 4.69) is 141 Å². The van der Waals surface area contributed by atoms with Crippen molar-refractivity contribution >= 4 is 157 Å². The largest absolute Gasteiger partial charge is 0.508 e. The summed E-state index contributed by atoms with van der Waals surface area (Å²) in [6.07, 6.45) is -3.10. The third-order valence-electron chi connectivity index (χ3n) is 16.2. The topological polar surface area (TPSA) is 613 Å². The standard InChI is InChI=1S/C63H99N17O23S4/c1-9-27(2)47(79-55(94)37(16-17-46(87)88)74-58(97)40(24-105)77-62(101)48(32(7)81)78-45(86)22-66-54(93)36-11-10-18-64-36)60(99)67-21-43(84)72-39(23-104)57(96)70-31(6)52(91)75-38(19-34-12-14-35(83)15-13-34)56(95)69-29(4)51(90)68-30(5)53(92)76-41(25-106)59(98)80-49(33(8)82)61(100)71-28(3)50(89)65-20-44(85)73-42(26-107)63(102)103/h12-15,27-33,36-42,47-49,64,81-83,104-107H,9-11,16-26H2,1-8H3,(H,65,89)(H,66,93)(H,67,99)(H,68,90)(H,69,95)(H,70,96)(H,71,100)(H,72,84)(H,73,85)(H,74,97)(H,75,91)(H,76,92)(H,77,101)(H,78,86)(H,79,94)(H,80,98)(H,87,88)(H,102,103)/t27-,28-,29-,30-,31-,32+,33+,36-,37-,38-,39-,40-,41-,42-,47-,48-,49-/m0/s1. The first kappa shape index (κ1) is 93.8. The molecule has 1 fully saturated rings. The van der Waals surface area contributed by atoms with E-state index >= 15 is 0 Å². The van der Waals surface area contributed by atoms with Crippen LogP contribution in [0.1, 0.15) is 93.1 Å². The highest BCUT2D eigenvalue weighted by molar-refractivity contribution is 7.80. The van der Waals surface area contributed by atoms with E-state index in [9.17, 15) is 107 Å². The monoisotopic (exact) mass is 1590 g/mol. The maximum atomic E-state index is 13.9. The summed E-state index contributed by atoms with van der Waals surface area (Å²) in [5.74, 6) is -20.3. The fourth-order valence-electron chi connectivity index (χ4n) is 9.57. The molecule has 107 heavy (non-hydrogen) atoms. The Bertz CT molecular complexity index is 3320. The molecule has 1 heterocycles. The third-order valence-corrected chi connectivity index (χ3v) is 17.6. The number of benzene rings is 1. The molecule has 1 aliphatic rings. The van der Waals surface area contributed by atoms with E-state index in [1.807, 2.05) is 0 Å². The predicted octanol–water partition coefficient (Wildman–Crippen LogP) is -9.11. The molecule has 16 amide bonds. The Morgan fingerprint density at radius 1 is 0.430 bits per heavy atom. The van der Waals surface area contributed by atoms with Crippen LogP contribution in [0.15, 0.2) is 24.3 Å². The molecule has 0 spiro atoms. The number of aliphatic hydroxyl groups is 2. The molecule has 0 aliphatic carbocycles. The van der Waals surface area contributed by atoms with Crippen molar-refractivity contribution in [2.75, 3.05) is 49.2 Å². The Morgan fingerprint density at radius 2 is 0.804 bits per heavy atom. The van der Waals surface area contributed by atoms with E-state index in [4.69, 9.17) is 5.11 Å². The van der Waals surface area contributed by atoms with Crippen LogP contribution in [0.2, 0.25) is 0 Å². The number of carboxylic acid groups (broad SMARTS) is 2. The van der Waals surface area contributed by atoms with Gasteiger partial charge in [-0.3, -0.25) is 81.5 Å². The average molecular weight is 1590 g/mol. The van der Waals surface area contributed by atoms with Crippen LogP contribution in [-0.4, -0.2) is 278 Å². The summed E-state index contributed by atoms with van der Waals surface area (Å²) in [4.78, 5) is 235. The zero-order chi connectivity index (χ0) is 81.1. The van der Waals surface area contributed by atoms with Gasteiger partial charge < -0.3 is 116 Å². The number of carboxylic acids is 2. The van der Waals surface area contributed by atoms with E-state index in [-0.39, 0.29) is 30.1 Å². The fourth-order valence-corrected chi connectivity index (χ4v) is 10.6. The molecular weight excluding hydrogens is 1490 g/mol. The number of thiol groups is 4. The van der Waals surface area contributed by atoms with Gasteiger partial charge in [0.1, 0.15) is 84.3 Å². The Labute approximate surface area is 637 Å². The summed E-state index contributed by atoms with van der Waals surface area (Å²) < 4.78 is 0. The first-order chi connectivity index (χ1) is 50.2. The van der Waals surface area contributed by atoms with Crippen LogP contribution < -0.4 is 90.4 Å². The number of phenols is 1. The molecule has 598 valence electrons. The van der Waals surface area contributed by atoms with Gasteiger partial charge in [0, 0.05) is 35.9 Å². The molecule has 22 N–H and O–H groups in total. The molecule has 40 nitrogen and oxygen atoms in total. The van der Waals surface area contributed by atoms with Crippen LogP contribution in [0.3, 0.4) is 0 Å². The van der Waals surface area contributed by atoms with Gasteiger partial charge in [0.15, 0.2) is 0 Å². The summed E-state index contributed by atoms with van der Waals surface area (Å²) in [6, 6.07) is -14.7.